The van der Waals surface area contributed by atoms with E-state index in [1.165, 1.54) is 0 Å². The van der Waals surface area contributed by atoms with Crippen LogP contribution in [0.4, 0.5) is 0 Å². The first-order valence-electron chi connectivity index (χ1n) is 16.6. The van der Waals surface area contributed by atoms with Gasteiger partial charge in [0, 0.05) is 40.3 Å². The molecule has 0 fully saturated rings. The van der Waals surface area contributed by atoms with Gasteiger partial charge in [0.2, 0.25) is 0 Å². The van der Waals surface area contributed by atoms with Crippen molar-refractivity contribution in [1.82, 2.24) is 19.5 Å². The lowest BCUT2D eigenvalue weighted by atomic mass is 10.0. The molecular formula is C45H32N4. The fourth-order valence-corrected chi connectivity index (χ4v) is 7.14. The third kappa shape index (κ3) is 5.02. The molecule has 2 aliphatic heterocycles. The zero-order chi connectivity index (χ0) is 32.7. The van der Waals surface area contributed by atoms with E-state index in [9.17, 15) is 0 Å². The highest BCUT2D eigenvalue weighted by atomic mass is 14.9. The second kappa shape index (κ2) is 11.9. The lowest BCUT2D eigenvalue weighted by molar-refractivity contribution is 1.01. The van der Waals surface area contributed by atoms with Crippen LogP contribution in [0.2, 0.25) is 0 Å². The van der Waals surface area contributed by atoms with Crippen LogP contribution in [0.5, 0.6) is 0 Å². The predicted octanol–water partition coefficient (Wildman–Crippen LogP) is 11.3. The summed E-state index contributed by atoms with van der Waals surface area (Å²) in [5, 5.41) is 0. The van der Waals surface area contributed by atoms with Crippen molar-refractivity contribution in [3.05, 3.63) is 168 Å². The maximum atomic E-state index is 5.40. The topological polar surface area (TPSA) is 46.5 Å². The molecule has 2 aliphatic rings. The van der Waals surface area contributed by atoms with E-state index < -0.39 is 0 Å². The number of rotatable bonds is 4. The van der Waals surface area contributed by atoms with Gasteiger partial charge in [0.25, 0.3) is 0 Å². The quantitative estimate of drug-likeness (QED) is 0.211. The molecule has 3 aromatic heterocycles. The number of aryl methyl sites for hydroxylation is 1. The minimum absolute atomic E-state index is 0.913. The number of fused-ring (bicyclic) bond motifs is 8. The van der Waals surface area contributed by atoms with Crippen molar-refractivity contribution in [3.63, 3.8) is 0 Å². The Morgan fingerprint density at radius 1 is 0.367 bits per heavy atom. The summed E-state index contributed by atoms with van der Waals surface area (Å²) in [4.78, 5) is 14.6. The van der Waals surface area contributed by atoms with E-state index >= 15 is 0 Å². The fourth-order valence-electron chi connectivity index (χ4n) is 7.14. The van der Waals surface area contributed by atoms with E-state index in [1.807, 2.05) is 0 Å². The Morgan fingerprint density at radius 2 is 0.673 bits per heavy atom. The van der Waals surface area contributed by atoms with Crippen molar-refractivity contribution in [3.8, 4) is 44.5 Å². The first-order valence-corrected chi connectivity index (χ1v) is 16.6. The molecule has 49 heavy (non-hydrogen) atoms. The zero-order valence-electron chi connectivity index (χ0n) is 27.0. The highest BCUT2D eigenvalue weighted by Crippen LogP contribution is 2.39. The fraction of sp³-hybridized carbons (Fsp3) is 0.0222. The Labute approximate surface area is 285 Å². The molecule has 0 saturated carbocycles. The van der Waals surface area contributed by atoms with E-state index in [-0.39, 0.29) is 0 Å². The van der Waals surface area contributed by atoms with Crippen LogP contribution in [0.25, 0.3) is 90.9 Å². The van der Waals surface area contributed by atoms with Gasteiger partial charge in [-0.1, -0.05) is 121 Å². The normalized spacial score (nSPS) is 12.0. The van der Waals surface area contributed by atoms with Gasteiger partial charge in [-0.2, -0.15) is 0 Å². The maximum Gasteiger partial charge on any atom is 0.0737 e. The van der Waals surface area contributed by atoms with Crippen molar-refractivity contribution >= 4 is 46.4 Å². The molecule has 1 N–H and O–H groups in total. The van der Waals surface area contributed by atoms with Crippen LogP contribution in [0.15, 0.2) is 146 Å². The van der Waals surface area contributed by atoms with E-state index in [4.69, 9.17) is 9.97 Å². The minimum atomic E-state index is 0.913. The molecular weight excluding hydrogens is 597 g/mol. The van der Waals surface area contributed by atoms with E-state index in [0.717, 1.165) is 89.4 Å². The molecule has 0 radical (unpaired) electrons. The Kier molecular flexibility index (Phi) is 6.98. The molecule has 0 aliphatic carbocycles. The van der Waals surface area contributed by atoms with Gasteiger partial charge >= 0.3 is 0 Å². The van der Waals surface area contributed by atoms with Gasteiger partial charge in [0.1, 0.15) is 0 Å². The molecule has 0 atom stereocenters. The summed E-state index contributed by atoms with van der Waals surface area (Å²) < 4.78 is 2.29. The number of hydrogen-bond donors (Lipinski definition) is 1. The third-order valence-corrected chi connectivity index (χ3v) is 9.41. The van der Waals surface area contributed by atoms with Gasteiger partial charge in [-0.3, -0.25) is 0 Å². The summed E-state index contributed by atoms with van der Waals surface area (Å²) in [6.45, 7) is 0. The first-order chi connectivity index (χ1) is 24.2. The monoisotopic (exact) mass is 628 g/mol. The molecule has 9 rings (SSSR count). The standard InChI is InChI=1S/C45H32N4/c1-49-40-28-29-41(49)45(33-20-12-5-13-21-33)39-27-25-37(48-39)43(31-16-8-3-9-17-31)35-23-22-34(46-35)42(30-14-6-2-7-15-30)36-24-26-38(47-36)44(40)32-18-10-4-11-19-32/h2-29,46H,1H3. The highest BCUT2D eigenvalue weighted by Gasteiger charge is 2.19. The van der Waals surface area contributed by atoms with E-state index in [0.29, 0.717) is 0 Å². The summed E-state index contributed by atoms with van der Waals surface area (Å²) in [6.07, 6.45) is 8.61. The van der Waals surface area contributed by atoms with Crippen LogP contribution in [-0.4, -0.2) is 19.5 Å². The average molecular weight is 629 g/mol. The molecule has 0 spiro atoms. The van der Waals surface area contributed by atoms with Gasteiger partial charge in [0.15, 0.2) is 0 Å². The van der Waals surface area contributed by atoms with Crippen LogP contribution in [0, 0.1) is 0 Å². The smallest absolute Gasteiger partial charge is 0.0737 e. The SMILES string of the molecule is Cn1c2ccc1c(-c1ccccc1)c1nc(c(-c3ccccc3)c3ccc([nH]3)c(-c3ccccc3)c3nc(c2-c2ccccc2)C=C3)C=C1. The molecule has 5 heterocycles. The lowest BCUT2D eigenvalue weighted by Gasteiger charge is -2.10. The average Bonchev–Trinajstić information content (AvgIpc) is 3.98. The molecule has 0 saturated heterocycles. The Hall–Kier alpha value is -6.52. The largest absolute Gasteiger partial charge is 0.354 e. The van der Waals surface area contributed by atoms with Crippen molar-refractivity contribution < 1.29 is 0 Å². The van der Waals surface area contributed by atoms with Crippen LogP contribution < -0.4 is 0 Å². The summed E-state index contributed by atoms with van der Waals surface area (Å²) in [5.41, 5.74) is 16.5. The molecule has 4 aromatic carbocycles. The third-order valence-electron chi connectivity index (χ3n) is 9.41. The molecule has 7 aromatic rings. The Balaban J connectivity index is 1.51. The zero-order valence-corrected chi connectivity index (χ0v) is 27.0. The number of hydrogen-bond acceptors (Lipinski definition) is 2. The highest BCUT2D eigenvalue weighted by molar-refractivity contribution is 6.00. The molecule has 8 bridgehead atoms. The number of nitrogens with one attached hydrogen (secondary N) is 1. The van der Waals surface area contributed by atoms with Crippen LogP contribution in [0.3, 0.4) is 0 Å². The molecule has 0 amide bonds. The molecule has 0 unspecified atom stereocenters. The van der Waals surface area contributed by atoms with Gasteiger partial charge in [0.05, 0.1) is 33.8 Å². The van der Waals surface area contributed by atoms with Gasteiger partial charge < -0.3 is 9.55 Å². The van der Waals surface area contributed by atoms with Crippen LogP contribution >= 0.6 is 0 Å². The Morgan fingerprint density at radius 3 is 1.02 bits per heavy atom. The second-order valence-corrected chi connectivity index (χ2v) is 12.3. The van der Waals surface area contributed by atoms with Crippen molar-refractivity contribution in [2.75, 3.05) is 0 Å². The van der Waals surface area contributed by atoms with Crippen LogP contribution in [-0.2, 0) is 7.05 Å². The summed E-state index contributed by atoms with van der Waals surface area (Å²) in [6, 6.07) is 51.0. The second-order valence-electron chi connectivity index (χ2n) is 12.3. The predicted molar refractivity (Wildman–Crippen MR) is 205 cm³/mol. The van der Waals surface area contributed by atoms with Crippen molar-refractivity contribution in [2.24, 2.45) is 7.05 Å². The summed E-state index contributed by atoms with van der Waals surface area (Å²) in [7, 11) is 2.15. The van der Waals surface area contributed by atoms with Crippen molar-refractivity contribution in [2.45, 2.75) is 0 Å². The maximum absolute atomic E-state index is 5.40. The lowest BCUT2D eigenvalue weighted by Crippen LogP contribution is -1.95. The molecule has 4 heteroatoms. The molecule has 4 nitrogen and oxygen atoms in total. The number of benzene rings is 4. The van der Waals surface area contributed by atoms with Crippen molar-refractivity contribution in [1.29, 1.82) is 0 Å². The number of aromatic nitrogens is 4. The number of H-pyrrole nitrogens is 1. The molecule has 232 valence electrons. The summed E-state index contributed by atoms with van der Waals surface area (Å²) in [5.74, 6) is 0. The van der Waals surface area contributed by atoms with Gasteiger partial charge in [-0.15, -0.1) is 0 Å². The minimum Gasteiger partial charge on any atom is -0.354 e. The van der Waals surface area contributed by atoms with E-state index in [1.54, 1.807) is 0 Å². The van der Waals surface area contributed by atoms with Gasteiger partial charge in [-0.25, -0.2) is 9.97 Å². The van der Waals surface area contributed by atoms with Crippen LogP contribution in [0.1, 0.15) is 22.8 Å². The number of aromatic amines is 1. The van der Waals surface area contributed by atoms with Gasteiger partial charge in [-0.05, 0) is 70.8 Å². The first kappa shape index (κ1) is 28.7. The summed E-state index contributed by atoms with van der Waals surface area (Å²) >= 11 is 0. The Bertz CT molecular complexity index is 2400. The van der Waals surface area contributed by atoms with E-state index in [2.05, 4.69) is 186 Å². The number of nitrogens with zero attached hydrogens (tertiary/aromatic N) is 3.